The minimum absolute atomic E-state index is 0.372. The Bertz CT molecular complexity index is 584. The van der Waals surface area contributed by atoms with Gasteiger partial charge in [-0.15, -0.1) is 0 Å². The van der Waals surface area contributed by atoms with Crippen LogP contribution in [0.2, 0.25) is 0 Å². The number of nitrogens with one attached hydrogen (secondary N) is 3. The van der Waals surface area contributed by atoms with Crippen molar-refractivity contribution in [1.82, 2.24) is 14.7 Å². The third-order valence-electron chi connectivity index (χ3n) is 2.11. The second-order valence-corrected chi connectivity index (χ2v) is 5.03. The predicted molar refractivity (Wildman–Crippen MR) is 59.2 cm³/mol. The summed E-state index contributed by atoms with van der Waals surface area (Å²) in [5.41, 5.74) is -1.79. The third kappa shape index (κ3) is 3.25. The first-order valence-electron chi connectivity index (χ1n) is 4.86. The smallest absolute Gasteiger partial charge is 0.325 e. The Hall–Kier alpha value is -1.45. The average molecular weight is 263 g/mol. The minimum atomic E-state index is -4.06. The van der Waals surface area contributed by atoms with Crippen molar-refractivity contribution in [2.45, 2.75) is 24.3 Å². The Balaban J connectivity index is 3.14. The minimum Gasteiger partial charge on any atom is -0.395 e. The highest BCUT2D eigenvalue weighted by Gasteiger charge is 2.21. The van der Waals surface area contributed by atoms with Crippen molar-refractivity contribution < 1.29 is 13.5 Å². The van der Waals surface area contributed by atoms with E-state index in [0.29, 0.717) is 6.42 Å². The van der Waals surface area contributed by atoms with Gasteiger partial charge in [0.05, 0.1) is 6.61 Å². The summed E-state index contributed by atoms with van der Waals surface area (Å²) in [5, 5.41) is 8.88. The summed E-state index contributed by atoms with van der Waals surface area (Å²) in [6, 6.07) is -0.675. The van der Waals surface area contributed by atoms with Crippen LogP contribution in [0.25, 0.3) is 0 Å². The van der Waals surface area contributed by atoms with Crippen LogP contribution in [0.3, 0.4) is 0 Å². The van der Waals surface area contributed by atoms with Gasteiger partial charge in [0.25, 0.3) is 5.56 Å². The molecule has 1 aromatic heterocycles. The zero-order valence-electron chi connectivity index (χ0n) is 9.06. The van der Waals surface area contributed by atoms with E-state index in [1.54, 1.807) is 11.9 Å². The second kappa shape index (κ2) is 5.25. The van der Waals surface area contributed by atoms with Crippen LogP contribution in [0, 0.1) is 0 Å². The molecule has 0 bridgehead atoms. The van der Waals surface area contributed by atoms with E-state index in [2.05, 4.69) is 9.71 Å². The molecule has 1 heterocycles. The number of aromatic nitrogens is 2. The first-order chi connectivity index (χ1) is 7.90. The van der Waals surface area contributed by atoms with Gasteiger partial charge in [-0.3, -0.25) is 9.78 Å². The molecule has 0 amide bonds. The highest BCUT2D eigenvalue weighted by Crippen LogP contribution is 2.01. The van der Waals surface area contributed by atoms with Crippen LogP contribution in [-0.2, 0) is 10.0 Å². The first kappa shape index (κ1) is 13.6. The molecule has 1 aromatic rings. The van der Waals surface area contributed by atoms with E-state index in [1.165, 1.54) is 0 Å². The van der Waals surface area contributed by atoms with Crippen LogP contribution in [0.5, 0.6) is 0 Å². The lowest BCUT2D eigenvalue weighted by molar-refractivity contribution is 0.254. The maximum absolute atomic E-state index is 11.7. The molecule has 4 N–H and O–H groups in total. The summed E-state index contributed by atoms with van der Waals surface area (Å²) in [6.45, 7) is 1.30. The van der Waals surface area contributed by atoms with E-state index in [-0.39, 0.29) is 6.61 Å². The van der Waals surface area contributed by atoms with E-state index in [0.717, 1.165) is 6.20 Å². The van der Waals surface area contributed by atoms with E-state index in [4.69, 9.17) is 5.11 Å². The van der Waals surface area contributed by atoms with Gasteiger partial charge < -0.3 is 10.1 Å². The van der Waals surface area contributed by atoms with E-state index < -0.39 is 32.2 Å². The molecule has 0 aliphatic heterocycles. The van der Waals surface area contributed by atoms with Gasteiger partial charge in [0.2, 0.25) is 10.0 Å². The Kier molecular flexibility index (Phi) is 4.21. The molecule has 0 saturated heterocycles. The van der Waals surface area contributed by atoms with E-state index in [9.17, 15) is 18.0 Å². The van der Waals surface area contributed by atoms with Crippen LogP contribution in [0.4, 0.5) is 0 Å². The molecule has 1 rings (SSSR count). The predicted octanol–water partition coefficient (Wildman–Crippen LogP) is -1.89. The van der Waals surface area contributed by atoms with Crippen molar-refractivity contribution >= 4 is 10.0 Å². The fraction of sp³-hybridized carbons (Fsp3) is 0.500. The lowest BCUT2D eigenvalue weighted by atomic mass is 10.3. The van der Waals surface area contributed by atoms with Crippen LogP contribution in [0.1, 0.15) is 13.3 Å². The lowest BCUT2D eigenvalue weighted by Crippen LogP contribution is -2.40. The Morgan fingerprint density at radius 1 is 1.47 bits per heavy atom. The average Bonchev–Trinajstić information content (AvgIpc) is 2.25. The molecule has 0 aliphatic rings. The second-order valence-electron chi connectivity index (χ2n) is 3.35. The van der Waals surface area contributed by atoms with Gasteiger partial charge in [-0.25, -0.2) is 17.9 Å². The lowest BCUT2D eigenvalue weighted by Gasteiger charge is -2.13. The van der Waals surface area contributed by atoms with Crippen LogP contribution in [0.15, 0.2) is 20.7 Å². The fourth-order valence-electron chi connectivity index (χ4n) is 1.13. The molecule has 1 atom stereocenters. The highest BCUT2D eigenvalue weighted by molar-refractivity contribution is 7.89. The number of H-pyrrole nitrogens is 2. The normalized spacial score (nSPS) is 13.5. The van der Waals surface area contributed by atoms with Gasteiger partial charge in [-0.2, -0.15) is 0 Å². The van der Waals surface area contributed by atoms with Gasteiger partial charge >= 0.3 is 5.69 Å². The zero-order valence-corrected chi connectivity index (χ0v) is 9.87. The molecule has 96 valence electrons. The summed E-state index contributed by atoms with van der Waals surface area (Å²) in [5.74, 6) is 0. The molecule has 0 aliphatic carbocycles. The summed E-state index contributed by atoms with van der Waals surface area (Å²) in [4.78, 5) is 25.3. The fourth-order valence-corrected chi connectivity index (χ4v) is 2.45. The van der Waals surface area contributed by atoms with Gasteiger partial charge in [-0.1, -0.05) is 6.92 Å². The van der Waals surface area contributed by atoms with E-state index in [1.807, 2.05) is 0 Å². The maximum atomic E-state index is 11.7. The van der Waals surface area contributed by atoms with Crippen molar-refractivity contribution in [3.05, 3.63) is 27.0 Å². The molecule has 0 aromatic carbocycles. The monoisotopic (exact) mass is 263 g/mol. The molecular formula is C8H13N3O5S. The first-order valence-corrected chi connectivity index (χ1v) is 6.34. The van der Waals surface area contributed by atoms with Crippen LogP contribution < -0.4 is 16.0 Å². The molecule has 0 spiro atoms. The third-order valence-corrected chi connectivity index (χ3v) is 3.64. The molecule has 8 nitrogen and oxygen atoms in total. The number of hydrogen-bond acceptors (Lipinski definition) is 5. The maximum Gasteiger partial charge on any atom is 0.325 e. The molecule has 0 radical (unpaired) electrons. The largest absolute Gasteiger partial charge is 0.395 e. The van der Waals surface area contributed by atoms with Crippen LogP contribution >= 0.6 is 0 Å². The summed E-state index contributed by atoms with van der Waals surface area (Å²) in [6.07, 6.45) is 1.19. The number of aromatic amines is 2. The number of sulfonamides is 1. The van der Waals surface area contributed by atoms with Crippen molar-refractivity contribution in [2.75, 3.05) is 6.61 Å². The number of aliphatic hydroxyl groups is 1. The number of hydrogen-bond donors (Lipinski definition) is 4. The molecule has 0 unspecified atom stereocenters. The quantitative estimate of drug-likeness (QED) is 0.493. The van der Waals surface area contributed by atoms with Crippen molar-refractivity contribution in [2.24, 2.45) is 0 Å². The van der Waals surface area contributed by atoms with Gasteiger partial charge in [0.15, 0.2) is 4.90 Å². The molecule has 0 fully saturated rings. The summed E-state index contributed by atoms with van der Waals surface area (Å²) >= 11 is 0. The van der Waals surface area contributed by atoms with Crippen molar-refractivity contribution in [1.29, 1.82) is 0 Å². The number of rotatable bonds is 5. The molecule has 9 heteroatoms. The standard InChI is InChI=1S/C8H13N3O5S/c1-2-5(4-12)11-17(15,16)6-3-9-8(14)10-7(6)13/h3,5,11-12H,2,4H2,1H3,(H2,9,10,13,14)/t5-/m1/s1. The van der Waals surface area contributed by atoms with Crippen molar-refractivity contribution in [3.63, 3.8) is 0 Å². The van der Waals surface area contributed by atoms with Crippen molar-refractivity contribution in [3.8, 4) is 0 Å². The molecular weight excluding hydrogens is 250 g/mol. The SMILES string of the molecule is CC[C@H](CO)NS(=O)(=O)c1c[nH]c(=O)[nH]c1=O. The van der Waals surface area contributed by atoms with Gasteiger partial charge in [-0.05, 0) is 6.42 Å². The summed E-state index contributed by atoms with van der Waals surface area (Å²) < 4.78 is 25.6. The Morgan fingerprint density at radius 3 is 2.59 bits per heavy atom. The van der Waals surface area contributed by atoms with E-state index >= 15 is 0 Å². The number of aliphatic hydroxyl groups excluding tert-OH is 1. The Labute approximate surface area is 96.8 Å². The molecule has 0 saturated carbocycles. The topological polar surface area (TPSA) is 132 Å². The van der Waals surface area contributed by atoms with Gasteiger partial charge in [0, 0.05) is 12.2 Å². The Morgan fingerprint density at radius 2 is 2.12 bits per heavy atom. The zero-order chi connectivity index (χ0) is 13.1. The highest BCUT2D eigenvalue weighted by atomic mass is 32.2. The van der Waals surface area contributed by atoms with Crippen LogP contribution in [-0.4, -0.2) is 36.1 Å². The molecule has 17 heavy (non-hydrogen) atoms. The summed E-state index contributed by atoms with van der Waals surface area (Å²) in [7, 11) is -4.06. The van der Waals surface area contributed by atoms with Gasteiger partial charge in [0.1, 0.15) is 0 Å².